The highest BCUT2D eigenvalue weighted by Crippen LogP contribution is 2.55. The summed E-state index contributed by atoms with van der Waals surface area (Å²) in [6.07, 6.45) is 2.09. The predicted molar refractivity (Wildman–Crippen MR) is 127 cm³/mol. The van der Waals surface area contributed by atoms with Crippen molar-refractivity contribution < 1.29 is 9.94 Å². The fourth-order valence-corrected chi connectivity index (χ4v) is 6.27. The maximum Gasteiger partial charge on any atom is 0.119 e. The van der Waals surface area contributed by atoms with Gasteiger partial charge in [-0.3, -0.25) is 0 Å². The van der Waals surface area contributed by atoms with E-state index in [9.17, 15) is 5.21 Å². The van der Waals surface area contributed by atoms with Crippen LogP contribution in [0.5, 0.6) is 5.75 Å². The summed E-state index contributed by atoms with van der Waals surface area (Å²) in [5.74, 6) is 0.920. The molecule has 3 nitrogen and oxygen atoms in total. The molecule has 4 aromatic rings. The average Bonchev–Trinajstić information content (AvgIpc) is 3.28. The van der Waals surface area contributed by atoms with Gasteiger partial charge in [-0.2, -0.15) is 0 Å². The van der Waals surface area contributed by atoms with Crippen LogP contribution in [0.1, 0.15) is 50.3 Å². The number of thiophene rings is 1. The van der Waals surface area contributed by atoms with Gasteiger partial charge in [0.05, 0.1) is 12.8 Å². The smallest absolute Gasteiger partial charge is 0.119 e. The lowest BCUT2D eigenvalue weighted by Gasteiger charge is -2.30. The number of oxime groups is 1. The minimum Gasteiger partial charge on any atom is -0.497 e. The van der Waals surface area contributed by atoms with E-state index in [0.717, 1.165) is 24.2 Å². The molecular weight excluding hydrogens is 390 g/mol. The van der Waals surface area contributed by atoms with Crippen LogP contribution >= 0.6 is 11.3 Å². The van der Waals surface area contributed by atoms with E-state index in [1.165, 1.54) is 42.4 Å². The molecule has 0 saturated heterocycles. The van der Waals surface area contributed by atoms with Crippen LogP contribution in [0.2, 0.25) is 0 Å². The summed E-state index contributed by atoms with van der Waals surface area (Å²) in [5.41, 5.74) is 7.07. The number of nitrogens with zero attached hydrogens (tertiary/aromatic N) is 1. The van der Waals surface area contributed by atoms with Crippen molar-refractivity contribution in [3.63, 3.8) is 0 Å². The van der Waals surface area contributed by atoms with Crippen molar-refractivity contribution in [3.05, 3.63) is 65.2 Å². The second-order valence-corrected chi connectivity index (χ2v) is 9.18. The highest BCUT2D eigenvalue weighted by molar-refractivity contribution is 7.25. The first-order chi connectivity index (χ1) is 14.6. The predicted octanol–water partition coefficient (Wildman–Crippen LogP) is 7.35. The second-order valence-electron chi connectivity index (χ2n) is 8.09. The Labute approximate surface area is 180 Å². The Kier molecular flexibility index (Phi) is 4.37. The first-order valence-corrected chi connectivity index (χ1v) is 11.3. The van der Waals surface area contributed by atoms with Gasteiger partial charge in [0.25, 0.3) is 0 Å². The molecule has 0 radical (unpaired) electrons. The summed E-state index contributed by atoms with van der Waals surface area (Å²) < 4.78 is 8.11. The van der Waals surface area contributed by atoms with Gasteiger partial charge in [0.1, 0.15) is 5.75 Å². The number of rotatable bonds is 4. The molecule has 1 heterocycles. The van der Waals surface area contributed by atoms with E-state index in [4.69, 9.17) is 4.74 Å². The Bertz CT molecular complexity index is 1330. The first-order valence-electron chi connectivity index (χ1n) is 10.4. The van der Waals surface area contributed by atoms with E-state index >= 15 is 0 Å². The number of fused-ring (bicyclic) bond motifs is 6. The van der Waals surface area contributed by atoms with Gasteiger partial charge in [-0.05, 0) is 84.0 Å². The van der Waals surface area contributed by atoms with Crippen LogP contribution < -0.4 is 4.74 Å². The zero-order chi connectivity index (χ0) is 21.0. The van der Waals surface area contributed by atoms with Gasteiger partial charge in [0, 0.05) is 25.6 Å². The van der Waals surface area contributed by atoms with Crippen LogP contribution in [-0.2, 0) is 5.41 Å². The first kappa shape index (κ1) is 19.1. The largest absolute Gasteiger partial charge is 0.497 e. The van der Waals surface area contributed by atoms with Crippen molar-refractivity contribution in [2.45, 2.75) is 39.0 Å². The van der Waals surface area contributed by atoms with E-state index in [-0.39, 0.29) is 5.41 Å². The van der Waals surface area contributed by atoms with Crippen LogP contribution in [-0.4, -0.2) is 18.0 Å². The zero-order valence-corrected chi connectivity index (χ0v) is 18.6. The molecule has 3 aromatic carbocycles. The molecular formula is C26H25NO2S. The maximum atomic E-state index is 9.21. The lowest BCUT2D eigenvalue weighted by atomic mass is 9.73. The number of hydrogen-bond donors (Lipinski definition) is 1. The van der Waals surface area contributed by atoms with Crippen molar-refractivity contribution in [2.24, 2.45) is 5.16 Å². The Morgan fingerprint density at radius 1 is 0.933 bits per heavy atom. The van der Waals surface area contributed by atoms with Crippen molar-refractivity contribution >= 4 is 37.2 Å². The molecule has 0 aliphatic heterocycles. The van der Waals surface area contributed by atoms with Crippen molar-refractivity contribution in [1.29, 1.82) is 0 Å². The number of ether oxygens (including phenoxy) is 1. The van der Waals surface area contributed by atoms with Crippen molar-refractivity contribution in [1.82, 2.24) is 0 Å². The van der Waals surface area contributed by atoms with Gasteiger partial charge >= 0.3 is 0 Å². The van der Waals surface area contributed by atoms with Gasteiger partial charge < -0.3 is 9.94 Å². The Morgan fingerprint density at radius 3 is 2.37 bits per heavy atom. The normalized spacial score (nSPS) is 14.9. The molecule has 4 heteroatoms. The molecule has 1 N–H and O–H groups in total. The Balaban J connectivity index is 1.83. The molecule has 0 bridgehead atoms. The fourth-order valence-electron chi connectivity index (χ4n) is 5.16. The van der Waals surface area contributed by atoms with E-state index in [1.54, 1.807) is 7.11 Å². The highest BCUT2D eigenvalue weighted by Gasteiger charge is 2.41. The lowest BCUT2D eigenvalue weighted by Crippen LogP contribution is -2.23. The molecule has 0 amide bonds. The quantitative estimate of drug-likeness (QED) is 0.215. The molecule has 1 aliphatic carbocycles. The number of hydrogen-bond acceptors (Lipinski definition) is 4. The summed E-state index contributed by atoms with van der Waals surface area (Å²) >= 11 is 1.83. The van der Waals surface area contributed by atoms with Gasteiger partial charge in [-0.25, -0.2) is 0 Å². The average molecular weight is 416 g/mol. The molecule has 30 heavy (non-hydrogen) atoms. The molecule has 0 fully saturated rings. The molecule has 0 unspecified atom stereocenters. The van der Waals surface area contributed by atoms with E-state index < -0.39 is 0 Å². The summed E-state index contributed by atoms with van der Waals surface area (Å²) in [4.78, 5) is 0. The number of methoxy groups -OCH3 is 1. The minimum atomic E-state index is 0.00173. The van der Waals surface area contributed by atoms with Crippen LogP contribution in [0.3, 0.4) is 0 Å². The summed E-state index contributed by atoms with van der Waals surface area (Å²) in [7, 11) is 1.74. The molecule has 152 valence electrons. The van der Waals surface area contributed by atoms with E-state index in [2.05, 4.69) is 61.5 Å². The van der Waals surface area contributed by atoms with E-state index in [1.807, 2.05) is 24.3 Å². The molecule has 0 spiro atoms. The van der Waals surface area contributed by atoms with Crippen molar-refractivity contribution in [2.75, 3.05) is 7.11 Å². The fraction of sp³-hybridized carbons (Fsp3) is 0.269. The van der Waals surface area contributed by atoms with Gasteiger partial charge in [0.2, 0.25) is 0 Å². The minimum absolute atomic E-state index is 0.00173. The highest BCUT2D eigenvalue weighted by atomic mass is 32.1. The maximum absolute atomic E-state index is 9.21. The third kappa shape index (κ3) is 2.46. The summed E-state index contributed by atoms with van der Waals surface area (Å²) in [6, 6.07) is 17.6. The molecule has 5 rings (SSSR count). The van der Waals surface area contributed by atoms with Gasteiger partial charge in [-0.1, -0.05) is 31.1 Å². The molecule has 0 atom stereocenters. The monoisotopic (exact) mass is 415 g/mol. The van der Waals surface area contributed by atoms with Gasteiger partial charge in [0.15, 0.2) is 0 Å². The second kappa shape index (κ2) is 6.85. The third-order valence-electron chi connectivity index (χ3n) is 6.93. The Morgan fingerprint density at radius 2 is 1.67 bits per heavy atom. The van der Waals surface area contributed by atoms with Gasteiger partial charge in [-0.15, -0.1) is 11.3 Å². The summed E-state index contributed by atoms with van der Waals surface area (Å²) in [5, 5.41) is 15.1. The SMILES string of the molecule is CCC1(CC)c2cc(OC)ccc2-c2cc3sc4ccc(/C(C)=N/O)cc4c3cc21. The van der Waals surface area contributed by atoms with Crippen LogP contribution in [0, 0.1) is 0 Å². The molecule has 0 saturated carbocycles. The van der Waals surface area contributed by atoms with Crippen LogP contribution in [0.4, 0.5) is 0 Å². The summed E-state index contributed by atoms with van der Waals surface area (Å²) in [6.45, 7) is 6.41. The molecule has 1 aliphatic rings. The molecule has 1 aromatic heterocycles. The third-order valence-corrected chi connectivity index (χ3v) is 8.07. The topological polar surface area (TPSA) is 41.8 Å². The number of benzene rings is 3. The zero-order valence-electron chi connectivity index (χ0n) is 17.7. The standard InChI is InChI=1S/C26H25NO2S/c1-5-26(6-2)22-12-17(29-4)8-9-18(22)19-14-25-21(13-23(19)26)20-11-16(15(3)27-28)7-10-24(20)30-25/h7-14,28H,5-6H2,1-4H3/b27-15+. The lowest BCUT2D eigenvalue weighted by molar-refractivity contribution is 0.319. The van der Waals surface area contributed by atoms with Crippen LogP contribution in [0.15, 0.2) is 53.7 Å². The Hall–Kier alpha value is -2.85. The van der Waals surface area contributed by atoms with Crippen molar-refractivity contribution in [3.8, 4) is 16.9 Å². The van der Waals surface area contributed by atoms with E-state index in [0.29, 0.717) is 5.71 Å². The van der Waals surface area contributed by atoms with Crippen LogP contribution in [0.25, 0.3) is 31.3 Å².